The zero-order valence-corrected chi connectivity index (χ0v) is 20.4. The van der Waals surface area contributed by atoms with Gasteiger partial charge < -0.3 is 10.1 Å². The van der Waals surface area contributed by atoms with Crippen LogP contribution in [0, 0.1) is 5.82 Å². The molecule has 0 unspecified atom stereocenters. The fourth-order valence-corrected chi connectivity index (χ4v) is 4.30. The van der Waals surface area contributed by atoms with Crippen LogP contribution < -0.4 is 10.1 Å². The zero-order valence-electron chi connectivity index (χ0n) is 18.8. The van der Waals surface area contributed by atoms with Crippen molar-refractivity contribution in [2.24, 2.45) is 0 Å². The molecule has 35 heavy (non-hydrogen) atoms. The first-order valence-corrected chi connectivity index (χ1v) is 11.9. The number of nitrogens with zero attached hydrogens (tertiary/aromatic N) is 2. The maximum atomic E-state index is 14.0. The number of anilines is 1. The Hall–Kier alpha value is -3.78. The van der Waals surface area contributed by atoms with E-state index in [1.54, 1.807) is 42.5 Å². The lowest BCUT2D eigenvalue weighted by Crippen LogP contribution is -2.11. The van der Waals surface area contributed by atoms with E-state index in [0.29, 0.717) is 22.5 Å². The molecular formula is C27H21BrFN3O3. The summed E-state index contributed by atoms with van der Waals surface area (Å²) < 4.78 is 21.9. The Kier molecular flexibility index (Phi) is 6.21. The lowest BCUT2D eigenvalue weighted by Gasteiger charge is -2.10. The van der Waals surface area contributed by atoms with Gasteiger partial charge in [0.25, 0.3) is 5.91 Å². The zero-order chi connectivity index (χ0) is 24.5. The van der Waals surface area contributed by atoms with Gasteiger partial charge in [-0.25, -0.2) is 4.39 Å². The molecule has 1 aliphatic carbocycles. The van der Waals surface area contributed by atoms with Crippen LogP contribution in [0.3, 0.4) is 0 Å². The maximum absolute atomic E-state index is 14.0. The molecule has 1 saturated carbocycles. The van der Waals surface area contributed by atoms with Crippen LogP contribution in [0.5, 0.6) is 5.88 Å². The predicted octanol–water partition coefficient (Wildman–Crippen LogP) is 6.50. The smallest absolute Gasteiger partial charge is 0.309 e. The molecule has 0 spiro atoms. The molecule has 8 heteroatoms. The molecule has 1 amide bonds. The normalized spacial score (nSPS) is 12.9. The van der Waals surface area contributed by atoms with Crippen molar-refractivity contribution < 1.29 is 18.7 Å². The third kappa shape index (κ3) is 5.02. The van der Waals surface area contributed by atoms with Crippen molar-refractivity contribution in [3.8, 4) is 22.7 Å². The van der Waals surface area contributed by atoms with E-state index in [2.05, 4.69) is 21.2 Å². The van der Waals surface area contributed by atoms with Gasteiger partial charge in [-0.2, -0.15) is 9.78 Å². The molecule has 1 aliphatic rings. The second-order valence-electron chi connectivity index (χ2n) is 8.37. The van der Waals surface area contributed by atoms with E-state index in [9.17, 15) is 14.0 Å². The first kappa shape index (κ1) is 23.0. The molecule has 5 rings (SSSR count). The van der Waals surface area contributed by atoms with Gasteiger partial charge >= 0.3 is 5.97 Å². The molecule has 6 nitrogen and oxygen atoms in total. The van der Waals surface area contributed by atoms with Gasteiger partial charge in [0, 0.05) is 28.6 Å². The van der Waals surface area contributed by atoms with Crippen LogP contribution in [0.1, 0.15) is 41.7 Å². The second kappa shape index (κ2) is 9.46. The summed E-state index contributed by atoms with van der Waals surface area (Å²) in [4.78, 5) is 24.6. The van der Waals surface area contributed by atoms with E-state index in [-0.39, 0.29) is 17.7 Å². The van der Waals surface area contributed by atoms with Gasteiger partial charge in [0.1, 0.15) is 5.82 Å². The lowest BCUT2D eigenvalue weighted by atomic mass is 10.0. The monoisotopic (exact) mass is 533 g/mol. The van der Waals surface area contributed by atoms with Crippen molar-refractivity contribution in [3.05, 3.63) is 94.3 Å². The molecule has 0 radical (unpaired) electrons. The number of hydrogen-bond acceptors (Lipinski definition) is 4. The Morgan fingerprint density at radius 1 is 1.06 bits per heavy atom. The van der Waals surface area contributed by atoms with Crippen molar-refractivity contribution in [1.29, 1.82) is 0 Å². The Morgan fingerprint density at radius 2 is 1.80 bits per heavy atom. The van der Waals surface area contributed by atoms with E-state index in [0.717, 1.165) is 28.6 Å². The number of aromatic nitrogens is 2. The molecule has 0 saturated heterocycles. The molecule has 0 aliphatic heterocycles. The number of benzene rings is 3. The minimum atomic E-state index is -0.496. The SMILES string of the molecule is CC(=O)Oc1c(-c2ccc(NC(=O)c3cccc(Br)c3)cc2)c(C2CC2)nn1-c1cccc(F)c1. The summed E-state index contributed by atoms with van der Waals surface area (Å²) in [7, 11) is 0. The first-order chi connectivity index (χ1) is 16.9. The van der Waals surface area contributed by atoms with Gasteiger partial charge in [0.15, 0.2) is 0 Å². The molecule has 1 N–H and O–H groups in total. The third-order valence-electron chi connectivity index (χ3n) is 5.65. The van der Waals surface area contributed by atoms with E-state index in [4.69, 9.17) is 9.84 Å². The highest BCUT2D eigenvalue weighted by atomic mass is 79.9. The van der Waals surface area contributed by atoms with Gasteiger partial charge in [-0.05, 0) is 66.9 Å². The predicted molar refractivity (Wildman–Crippen MR) is 134 cm³/mol. The average Bonchev–Trinajstić information content (AvgIpc) is 3.61. The summed E-state index contributed by atoms with van der Waals surface area (Å²) in [6, 6.07) is 20.4. The highest BCUT2D eigenvalue weighted by Gasteiger charge is 2.34. The molecule has 4 aromatic rings. The van der Waals surface area contributed by atoms with Gasteiger partial charge in [-0.15, -0.1) is 0 Å². The summed E-state index contributed by atoms with van der Waals surface area (Å²) in [5.41, 5.74) is 3.90. The summed E-state index contributed by atoms with van der Waals surface area (Å²) in [6.45, 7) is 1.32. The van der Waals surface area contributed by atoms with Crippen LogP contribution >= 0.6 is 15.9 Å². The quantitative estimate of drug-likeness (QED) is 0.287. The summed E-state index contributed by atoms with van der Waals surface area (Å²) in [5.74, 6) is -0.644. The average molecular weight is 534 g/mol. The van der Waals surface area contributed by atoms with Gasteiger partial charge in [0.05, 0.1) is 16.9 Å². The van der Waals surface area contributed by atoms with Crippen molar-refractivity contribution in [2.75, 3.05) is 5.32 Å². The minimum absolute atomic E-state index is 0.225. The molecule has 0 bridgehead atoms. The number of carbonyl (C=O) groups excluding carboxylic acids is 2. The molecule has 1 fully saturated rings. The summed E-state index contributed by atoms with van der Waals surface area (Å²) in [6.07, 6.45) is 1.96. The number of rotatable bonds is 6. The third-order valence-corrected chi connectivity index (χ3v) is 6.14. The molecule has 0 atom stereocenters. The first-order valence-electron chi connectivity index (χ1n) is 11.1. The highest BCUT2D eigenvalue weighted by molar-refractivity contribution is 9.10. The van der Waals surface area contributed by atoms with Crippen LogP contribution in [0.25, 0.3) is 16.8 Å². The second-order valence-corrected chi connectivity index (χ2v) is 9.28. The van der Waals surface area contributed by atoms with Gasteiger partial charge in [-0.3, -0.25) is 9.59 Å². The van der Waals surface area contributed by atoms with Gasteiger partial charge in [0.2, 0.25) is 5.88 Å². The number of carbonyl (C=O) groups is 2. The fraction of sp³-hybridized carbons (Fsp3) is 0.148. The van der Waals surface area contributed by atoms with Crippen LogP contribution in [0.4, 0.5) is 10.1 Å². The van der Waals surface area contributed by atoms with Crippen LogP contribution in [0.15, 0.2) is 77.3 Å². The molecule has 1 heterocycles. The Labute approximate surface area is 209 Å². The molecule has 3 aromatic carbocycles. The number of halogens is 2. The molecule has 1 aromatic heterocycles. The van der Waals surface area contributed by atoms with Crippen LogP contribution in [-0.2, 0) is 4.79 Å². The van der Waals surface area contributed by atoms with Gasteiger partial charge in [-0.1, -0.05) is 40.2 Å². The number of esters is 1. The largest absolute Gasteiger partial charge is 0.407 e. The Morgan fingerprint density at radius 3 is 2.46 bits per heavy atom. The van der Waals surface area contributed by atoms with E-state index < -0.39 is 11.8 Å². The molecular weight excluding hydrogens is 513 g/mol. The Bertz CT molecular complexity index is 1430. The van der Waals surface area contributed by atoms with E-state index in [1.165, 1.54) is 23.7 Å². The Balaban J connectivity index is 1.52. The van der Waals surface area contributed by atoms with Crippen molar-refractivity contribution >= 4 is 33.5 Å². The summed E-state index contributed by atoms with van der Waals surface area (Å²) in [5, 5.41) is 7.62. The number of ether oxygens (including phenoxy) is 1. The number of amides is 1. The maximum Gasteiger partial charge on any atom is 0.309 e. The van der Waals surface area contributed by atoms with Crippen LogP contribution in [0.2, 0.25) is 0 Å². The lowest BCUT2D eigenvalue weighted by molar-refractivity contribution is -0.132. The van der Waals surface area contributed by atoms with E-state index >= 15 is 0 Å². The van der Waals surface area contributed by atoms with Crippen molar-refractivity contribution in [3.63, 3.8) is 0 Å². The topological polar surface area (TPSA) is 73.2 Å². The van der Waals surface area contributed by atoms with Crippen LogP contribution in [-0.4, -0.2) is 21.7 Å². The van der Waals surface area contributed by atoms with Crippen molar-refractivity contribution in [1.82, 2.24) is 9.78 Å². The molecule has 176 valence electrons. The minimum Gasteiger partial charge on any atom is -0.407 e. The standard InChI is InChI=1S/C27H21BrFN3O3/c1-16(33)35-27-24(25(18-8-9-18)31-32(27)23-7-3-6-21(29)15-23)17-10-12-22(13-11-17)30-26(34)19-4-2-5-20(28)14-19/h2-7,10-15,18H,8-9H2,1H3,(H,30,34). The van der Waals surface area contributed by atoms with E-state index in [1.807, 2.05) is 18.2 Å². The highest BCUT2D eigenvalue weighted by Crippen LogP contribution is 2.48. The summed E-state index contributed by atoms with van der Waals surface area (Å²) >= 11 is 3.38. The number of nitrogens with one attached hydrogen (secondary N) is 1. The van der Waals surface area contributed by atoms with Crippen molar-refractivity contribution in [2.45, 2.75) is 25.7 Å². The number of hydrogen-bond donors (Lipinski definition) is 1. The fourth-order valence-electron chi connectivity index (χ4n) is 3.90.